The first-order valence-corrected chi connectivity index (χ1v) is 19.3. The lowest BCUT2D eigenvalue weighted by Gasteiger charge is -2.16. The molecule has 0 unspecified atom stereocenters. The minimum atomic E-state index is -4.50. The average Bonchev–Trinajstić information content (AvgIpc) is 3.27. The van der Waals surface area contributed by atoms with Gasteiger partial charge in [0.05, 0.1) is 11.1 Å². The van der Waals surface area contributed by atoms with Crippen LogP contribution in [-0.4, -0.2) is 49.1 Å². The Morgan fingerprint density at radius 2 is 0.938 bits per heavy atom. The largest absolute Gasteiger partial charge is 0.484 e. The van der Waals surface area contributed by atoms with E-state index in [2.05, 4.69) is 9.47 Å². The summed E-state index contributed by atoms with van der Waals surface area (Å²) in [5.41, 5.74) is 16.1. The molecule has 10 nitrogen and oxygen atoms in total. The summed E-state index contributed by atoms with van der Waals surface area (Å²) in [6.07, 6.45) is -3.31. The van der Waals surface area contributed by atoms with Gasteiger partial charge in [0.25, 0.3) is 0 Å². The molecule has 0 aromatic heterocycles. The summed E-state index contributed by atoms with van der Waals surface area (Å²) >= 11 is 0. The van der Waals surface area contributed by atoms with Gasteiger partial charge in [-0.15, -0.1) is 0 Å². The van der Waals surface area contributed by atoms with Gasteiger partial charge in [-0.3, -0.25) is 9.59 Å². The predicted octanol–water partition coefficient (Wildman–Crippen LogP) is 10.9. The lowest BCUT2D eigenvalue weighted by Crippen LogP contribution is -2.19. The summed E-state index contributed by atoms with van der Waals surface area (Å²) in [6.45, 7) is -1.25. The van der Waals surface area contributed by atoms with Crippen LogP contribution in [-0.2, 0) is 0 Å². The SMILES string of the molecule is Cc1c(N)ccc(-c2ccc(N)cc2C(=O)/C=C/c2ccc(C(=O)Oc3ccc(OCC(F)(F)F)cc3)cc2)c1C(=O)/C=C/c1ccc(C(=O)Oc2ccc(OCC(F)(F)F)cc2)cc1. The zero-order valence-corrected chi connectivity index (χ0v) is 34.0. The quantitative estimate of drug-likeness (QED) is 0.0254. The van der Waals surface area contributed by atoms with Crippen LogP contribution in [0.25, 0.3) is 23.3 Å². The van der Waals surface area contributed by atoms with Crippen molar-refractivity contribution in [3.8, 4) is 34.1 Å². The Bertz CT molecular complexity index is 2760. The van der Waals surface area contributed by atoms with E-state index in [9.17, 15) is 45.5 Å². The number of anilines is 2. The summed E-state index contributed by atoms with van der Waals surface area (Å²) in [5, 5.41) is 0. The van der Waals surface area contributed by atoms with Crippen molar-refractivity contribution >= 4 is 47.0 Å². The number of alkyl halides is 6. The number of esters is 2. The van der Waals surface area contributed by atoms with Gasteiger partial charge in [-0.25, -0.2) is 9.59 Å². The van der Waals surface area contributed by atoms with Gasteiger partial charge >= 0.3 is 24.3 Å². The maximum absolute atomic E-state index is 13.9. The summed E-state index contributed by atoms with van der Waals surface area (Å²) in [5.74, 6) is -2.28. The monoisotopic (exact) mass is 894 g/mol. The molecule has 0 fully saturated rings. The molecule has 0 atom stereocenters. The van der Waals surface area contributed by atoms with Crippen molar-refractivity contribution in [1.82, 2.24) is 0 Å². The molecule has 0 spiro atoms. The molecule has 0 radical (unpaired) electrons. The topological polar surface area (TPSA) is 157 Å². The van der Waals surface area contributed by atoms with E-state index >= 15 is 0 Å². The number of nitrogens with two attached hydrogens (primary N) is 2. The molecule has 6 aromatic rings. The van der Waals surface area contributed by atoms with E-state index in [4.69, 9.17) is 20.9 Å². The second kappa shape index (κ2) is 19.9. The first kappa shape index (κ1) is 46.4. The number of carbonyl (C=O) groups is 4. The van der Waals surface area contributed by atoms with Crippen LogP contribution in [0.15, 0.2) is 140 Å². The Morgan fingerprint density at radius 3 is 1.38 bits per heavy atom. The molecule has 6 aromatic carbocycles. The first-order chi connectivity index (χ1) is 30.8. The number of carbonyl (C=O) groups excluding carboxylic acids is 4. The standard InChI is InChI=1S/C49H36F6N2O8/c1-29-42(57)23-22-40(45(29)44(59)25-7-31-4-10-33(11-5-31)47(61)65-38-19-15-36(16-20-38)63-28-49(53,54)55)39-21-12-34(56)26-41(39)43(58)24-6-30-2-8-32(9-3-30)46(60)64-37-17-13-35(14-18-37)62-27-48(50,51)52/h2-26H,27-28,56-57H2,1H3/b24-6+,25-7+. The molecular weight excluding hydrogens is 859 g/mol. The highest BCUT2D eigenvalue weighted by Gasteiger charge is 2.29. The molecule has 0 bridgehead atoms. The second-order valence-corrected chi connectivity index (χ2v) is 14.2. The van der Waals surface area contributed by atoms with E-state index < -0.39 is 49.1 Å². The number of benzene rings is 6. The normalized spacial score (nSPS) is 11.7. The number of hydrogen-bond donors (Lipinski definition) is 2. The third-order valence-corrected chi connectivity index (χ3v) is 9.37. The van der Waals surface area contributed by atoms with Gasteiger partial charge in [-0.1, -0.05) is 48.6 Å². The van der Waals surface area contributed by atoms with E-state index in [0.29, 0.717) is 33.5 Å². The van der Waals surface area contributed by atoms with E-state index in [1.807, 2.05) is 0 Å². The maximum Gasteiger partial charge on any atom is 0.422 e. The summed E-state index contributed by atoms with van der Waals surface area (Å²) in [6, 6.07) is 30.3. The smallest absolute Gasteiger partial charge is 0.422 e. The van der Waals surface area contributed by atoms with Crippen LogP contribution in [0, 0.1) is 6.92 Å². The fraction of sp³-hybridized carbons (Fsp3) is 0.102. The lowest BCUT2D eigenvalue weighted by atomic mass is 9.88. The van der Waals surface area contributed by atoms with Gasteiger partial charge in [0.1, 0.15) is 23.0 Å². The highest BCUT2D eigenvalue weighted by atomic mass is 19.4. The average molecular weight is 895 g/mol. The Labute approximate surface area is 367 Å². The van der Waals surface area contributed by atoms with Gasteiger partial charge in [0, 0.05) is 22.5 Å². The van der Waals surface area contributed by atoms with Gasteiger partial charge in [0.2, 0.25) is 0 Å². The van der Waals surface area contributed by atoms with Crippen molar-refractivity contribution in [2.75, 3.05) is 24.7 Å². The third-order valence-electron chi connectivity index (χ3n) is 9.37. The lowest BCUT2D eigenvalue weighted by molar-refractivity contribution is -0.154. The van der Waals surface area contributed by atoms with Crippen molar-refractivity contribution < 1.29 is 64.5 Å². The molecule has 0 saturated carbocycles. The Kier molecular flexibility index (Phi) is 14.2. The molecule has 6 rings (SSSR count). The molecule has 4 N–H and O–H groups in total. The Morgan fingerprint density at radius 1 is 0.523 bits per heavy atom. The van der Waals surface area contributed by atoms with Crippen molar-refractivity contribution in [2.45, 2.75) is 19.3 Å². The van der Waals surface area contributed by atoms with Crippen LogP contribution in [0.5, 0.6) is 23.0 Å². The number of ether oxygens (including phenoxy) is 4. The minimum Gasteiger partial charge on any atom is -0.484 e. The fourth-order valence-electron chi connectivity index (χ4n) is 6.12. The number of halogens is 6. The van der Waals surface area contributed by atoms with Crippen molar-refractivity contribution in [3.05, 3.63) is 178 Å². The molecular formula is C49H36F6N2O8. The molecule has 65 heavy (non-hydrogen) atoms. The van der Waals surface area contributed by atoms with Crippen LogP contribution in [0.2, 0.25) is 0 Å². The van der Waals surface area contributed by atoms with Crippen LogP contribution in [0.1, 0.15) is 58.1 Å². The van der Waals surface area contributed by atoms with Crippen molar-refractivity contribution in [1.29, 1.82) is 0 Å². The van der Waals surface area contributed by atoms with Crippen molar-refractivity contribution in [2.24, 2.45) is 0 Å². The van der Waals surface area contributed by atoms with Crippen LogP contribution in [0.4, 0.5) is 37.7 Å². The summed E-state index contributed by atoms with van der Waals surface area (Å²) in [7, 11) is 0. The van der Waals surface area contributed by atoms with Gasteiger partial charge in [-0.2, -0.15) is 26.3 Å². The van der Waals surface area contributed by atoms with Crippen LogP contribution < -0.4 is 30.4 Å². The van der Waals surface area contributed by atoms with Crippen LogP contribution >= 0.6 is 0 Å². The Hall–Kier alpha value is -8.14. The Balaban J connectivity index is 1.12. The number of hydrogen-bond acceptors (Lipinski definition) is 10. The molecule has 0 amide bonds. The second-order valence-electron chi connectivity index (χ2n) is 14.2. The fourth-order valence-corrected chi connectivity index (χ4v) is 6.12. The molecule has 0 aliphatic carbocycles. The zero-order valence-electron chi connectivity index (χ0n) is 34.0. The molecule has 0 saturated heterocycles. The molecule has 16 heteroatoms. The number of rotatable bonds is 15. The van der Waals surface area contributed by atoms with E-state index in [0.717, 1.165) is 0 Å². The highest BCUT2D eigenvalue weighted by molar-refractivity contribution is 6.16. The highest BCUT2D eigenvalue weighted by Crippen LogP contribution is 2.34. The summed E-state index contributed by atoms with van der Waals surface area (Å²) in [4.78, 5) is 53.1. The van der Waals surface area contributed by atoms with E-state index in [1.54, 1.807) is 55.5 Å². The van der Waals surface area contributed by atoms with Gasteiger partial charge in [-0.05, 0) is 138 Å². The number of nitrogen functional groups attached to an aromatic ring is 2. The molecule has 0 aliphatic rings. The summed E-state index contributed by atoms with van der Waals surface area (Å²) < 4.78 is 94.5. The predicted molar refractivity (Wildman–Crippen MR) is 231 cm³/mol. The molecule has 0 aliphatic heterocycles. The van der Waals surface area contributed by atoms with E-state index in [1.165, 1.54) is 103 Å². The van der Waals surface area contributed by atoms with Gasteiger partial charge in [0.15, 0.2) is 24.8 Å². The number of ketones is 2. The third kappa shape index (κ3) is 13.0. The number of allylic oxidation sites excluding steroid dienone is 2. The molecule has 0 heterocycles. The minimum absolute atomic E-state index is 0.0510. The first-order valence-electron chi connectivity index (χ1n) is 19.3. The van der Waals surface area contributed by atoms with Crippen molar-refractivity contribution in [3.63, 3.8) is 0 Å². The zero-order chi connectivity index (χ0) is 46.9. The maximum atomic E-state index is 13.9. The van der Waals surface area contributed by atoms with Gasteiger partial charge < -0.3 is 30.4 Å². The van der Waals surface area contributed by atoms with Crippen LogP contribution in [0.3, 0.4) is 0 Å². The van der Waals surface area contributed by atoms with E-state index in [-0.39, 0.29) is 50.9 Å². The molecule has 332 valence electrons.